The second-order valence-electron chi connectivity index (χ2n) is 4.98. The lowest BCUT2D eigenvalue weighted by atomic mass is 10.2. The quantitative estimate of drug-likeness (QED) is 0.869. The molecule has 1 aromatic heterocycles. The van der Waals surface area contributed by atoms with Gasteiger partial charge in [0, 0.05) is 31.4 Å². The summed E-state index contributed by atoms with van der Waals surface area (Å²) in [7, 11) is 1.84. The predicted octanol–water partition coefficient (Wildman–Crippen LogP) is 1.52. The Morgan fingerprint density at radius 1 is 1.36 bits per heavy atom. The van der Waals surface area contributed by atoms with Crippen molar-refractivity contribution < 1.29 is 14.3 Å². The molecular formula is C16H17N3O3. The Morgan fingerprint density at radius 2 is 2.18 bits per heavy atom. The molecule has 1 aliphatic heterocycles. The van der Waals surface area contributed by atoms with Gasteiger partial charge in [0.2, 0.25) is 5.91 Å². The molecule has 0 aliphatic carbocycles. The fraction of sp³-hybridized carbons (Fsp3) is 0.250. The number of carbonyl (C=O) groups excluding carboxylic acids is 1. The first-order chi connectivity index (χ1) is 10.7. The number of aryl methyl sites for hydroxylation is 1. The smallest absolute Gasteiger partial charge is 0.244 e. The molecule has 0 bridgehead atoms. The van der Waals surface area contributed by atoms with E-state index in [0.29, 0.717) is 25.5 Å². The van der Waals surface area contributed by atoms with Crippen LogP contribution in [0.2, 0.25) is 0 Å². The normalized spacial score (nSPS) is 13.3. The molecule has 6 nitrogen and oxygen atoms in total. The van der Waals surface area contributed by atoms with Gasteiger partial charge in [-0.05, 0) is 23.8 Å². The maximum absolute atomic E-state index is 11.8. The summed E-state index contributed by atoms with van der Waals surface area (Å²) >= 11 is 0. The molecule has 0 saturated carbocycles. The molecule has 0 atom stereocenters. The molecule has 1 aromatic carbocycles. The molecule has 0 saturated heterocycles. The maximum atomic E-state index is 11.8. The molecule has 22 heavy (non-hydrogen) atoms. The van der Waals surface area contributed by atoms with Crippen molar-refractivity contribution >= 4 is 12.0 Å². The van der Waals surface area contributed by atoms with Gasteiger partial charge in [0.25, 0.3) is 0 Å². The van der Waals surface area contributed by atoms with E-state index < -0.39 is 0 Å². The molecule has 1 amide bonds. The molecule has 0 spiro atoms. The highest BCUT2D eigenvalue weighted by molar-refractivity contribution is 5.91. The minimum Gasteiger partial charge on any atom is -0.486 e. The molecule has 1 aliphatic rings. The van der Waals surface area contributed by atoms with Crippen molar-refractivity contribution in [2.75, 3.05) is 13.2 Å². The van der Waals surface area contributed by atoms with E-state index in [2.05, 4.69) is 10.4 Å². The van der Waals surface area contributed by atoms with E-state index in [9.17, 15) is 4.79 Å². The number of fused-ring (bicyclic) bond motifs is 1. The van der Waals surface area contributed by atoms with Crippen molar-refractivity contribution in [3.63, 3.8) is 0 Å². The highest BCUT2D eigenvalue weighted by atomic mass is 16.6. The maximum Gasteiger partial charge on any atom is 0.244 e. The first kappa shape index (κ1) is 14.2. The number of benzene rings is 1. The van der Waals surface area contributed by atoms with Crippen molar-refractivity contribution in [3.05, 3.63) is 47.8 Å². The van der Waals surface area contributed by atoms with E-state index >= 15 is 0 Å². The second kappa shape index (κ2) is 6.34. The van der Waals surface area contributed by atoms with Gasteiger partial charge in [-0.3, -0.25) is 9.48 Å². The molecule has 6 heteroatoms. The summed E-state index contributed by atoms with van der Waals surface area (Å²) in [4.78, 5) is 11.8. The topological polar surface area (TPSA) is 65.4 Å². The van der Waals surface area contributed by atoms with E-state index in [4.69, 9.17) is 9.47 Å². The Hall–Kier alpha value is -2.76. The Bertz CT molecular complexity index is 706. The SMILES string of the molecule is Cn1cc(CNC(=O)/C=C/c2ccc3c(c2)OCCO3)cn1. The van der Waals surface area contributed by atoms with Crippen molar-refractivity contribution in [1.82, 2.24) is 15.1 Å². The van der Waals surface area contributed by atoms with Crippen LogP contribution in [0.15, 0.2) is 36.7 Å². The third kappa shape index (κ3) is 3.46. The number of amides is 1. The van der Waals surface area contributed by atoms with Crippen molar-refractivity contribution in [3.8, 4) is 11.5 Å². The van der Waals surface area contributed by atoms with E-state index in [-0.39, 0.29) is 5.91 Å². The molecular weight excluding hydrogens is 282 g/mol. The standard InChI is InChI=1S/C16H17N3O3/c1-19-11-13(10-18-19)9-17-16(20)5-3-12-2-4-14-15(8-12)22-7-6-21-14/h2-5,8,10-11H,6-7,9H2,1H3,(H,17,20)/b5-3+. The molecule has 0 radical (unpaired) electrons. The van der Waals surface area contributed by atoms with E-state index in [1.165, 1.54) is 6.08 Å². The van der Waals surface area contributed by atoms with Crippen LogP contribution in [0.25, 0.3) is 6.08 Å². The summed E-state index contributed by atoms with van der Waals surface area (Å²) in [6.07, 6.45) is 6.84. The van der Waals surface area contributed by atoms with Crippen LogP contribution in [0.3, 0.4) is 0 Å². The van der Waals surface area contributed by atoms with Crippen LogP contribution in [0.4, 0.5) is 0 Å². The Morgan fingerprint density at radius 3 is 2.95 bits per heavy atom. The van der Waals surface area contributed by atoms with Gasteiger partial charge < -0.3 is 14.8 Å². The van der Waals surface area contributed by atoms with E-state index in [0.717, 1.165) is 16.9 Å². The zero-order valence-corrected chi connectivity index (χ0v) is 12.3. The summed E-state index contributed by atoms with van der Waals surface area (Å²) in [5.41, 5.74) is 1.85. The van der Waals surface area contributed by atoms with Gasteiger partial charge in [0.1, 0.15) is 13.2 Å². The number of carbonyl (C=O) groups is 1. The highest BCUT2D eigenvalue weighted by Gasteiger charge is 2.10. The van der Waals surface area contributed by atoms with Crippen molar-refractivity contribution in [2.45, 2.75) is 6.54 Å². The first-order valence-electron chi connectivity index (χ1n) is 7.04. The van der Waals surface area contributed by atoms with E-state index in [1.807, 2.05) is 31.4 Å². The minimum atomic E-state index is -0.154. The molecule has 3 rings (SSSR count). The summed E-state index contributed by atoms with van der Waals surface area (Å²) in [6, 6.07) is 5.60. The highest BCUT2D eigenvalue weighted by Crippen LogP contribution is 2.30. The van der Waals surface area contributed by atoms with Gasteiger partial charge in [-0.1, -0.05) is 6.07 Å². The van der Waals surface area contributed by atoms with Crippen LogP contribution in [-0.4, -0.2) is 28.9 Å². The van der Waals surface area contributed by atoms with Crippen molar-refractivity contribution in [2.24, 2.45) is 7.05 Å². The summed E-state index contributed by atoms with van der Waals surface area (Å²) in [6.45, 7) is 1.57. The number of hydrogen-bond donors (Lipinski definition) is 1. The molecule has 114 valence electrons. The fourth-order valence-electron chi connectivity index (χ4n) is 2.15. The van der Waals surface area contributed by atoms with Crippen LogP contribution >= 0.6 is 0 Å². The Kier molecular flexibility index (Phi) is 4.09. The van der Waals surface area contributed by atoms with Crippen LogP contribution < -0.4 is 14.8 Å². The molecule has 0 unspecified atom stereocenters. The van der Waals surface area contributed by atoms with Gasteiger partial charge in [-0.2, -0.15) is 5.10 Å². The van der Waals surface area contributed by atoms with Gasteiger partial charge in [-0.15, -0.1) is 0 Å². The summed E-state index contributed by atoms with van der Waals surface area (Å²) in [5.74, 6) is 1.30. The zero-order chi connectivity index (χ0) is 15.4. The monoisotopic (exact) mass is 299 g/mol. The minimum absolute atomic E-state index is 0.154. The average molecular weight is 299 g/mol. The molecule has 2 heterocycles. The third-order valence-corrected chi connectivity index (χ3v) is 3.22. The third-order valence-electron chi connectivity index (χ3n) is 3.22. The largest absolute Gasteiger partial charge is 0.486 e. The molecule has 1 N–H and O–H groups in total. The number of nitrogens with zero attached hydrogens (tertiary/aromatic N) is 2. The fourth-order valence-corrected chi connectivity index (χ4v) is 2.15. The number of ether oxygens (including phenoxy) is 2. The van der Waals surface area contributed by atoms with Gasteiger partial charge in [0.15, 0.2) is 11.5 Å². The zero-order valence-electron chi connectivity index (χ0n) is 12.3. The summed E-state index contributed by atoms with van der Waals surface area (Å²) in [5, 5.41) is 6.86. The number of nitrogens with one attached hydrogen (secondary N) is 1. The summed E-state index contributed by atoms with van der Waals surface area (Å²) < 4.78 is 12.7. The van der Waals surface area contributed by atoms with E-state index in [1.54, 1.807) is 17.0 Å². The lowest BCUT2D eigenvalue weighted by Crippen LogP contribution is -2.19. The molecule has 0 fully saturated rings. The Labute approximate surface area is 128 Å². The van der Waals surface area contributed by atoms with Crippen molar-refractivity contribution in [1.29, 1.82) is 0 Å². The van der Waals surface area contributed by atoms with Gasteiger partial charge >= 0.3 is 0 Å². The predicted molar refractivity (Wildman–Crippen MR) is 81.5 cm³/mol. The lowest BCUT2D eigenvalue weighted by Gasteiger charge is -2.18. The van der Waals surface area contributed by atoms with Crippen LogP contribution in [0.5, 0.6) is 11.5 Å². The van der Waals surface area contributed by atoms with Crippen LogP contribution in [0.1, 0.15) is 11.1 Å². The number of aromatic nitrogens is 2. The average Bonchev–Trinajstić information content (AvgIpc) is 2.96. The second-order valence-corrected chi connectivity index (χ2v) is 4.98. The van der Waals surface area contributed by atoms with Gasteiger partial charge in [-0.25, -0.2) is 0 Å². The first-order valence-corrected chi connectivity index (χ1v) is 7.04. The lowest BCUT2D eigenvalue weighted by molar-refractivity contribution is -0.116. The molecule has 2 aromatic rings. The Balaban J connectivity index is 1.57. The van der Waals surface area contributed by atoms with Crippen LogP contribution in [-0.2, 0) is 18.4 Å². The van der Waals surface area contributed by atoms with Gasteiger partial charge in [0.05, 0.1) is 6.20 Å². The van der Waals surface area contributed by atoms with Crippen LogP contribution in [0, 0.1) is 0 Å². The number of hydrogen-bond acceptors (Lipinski definition) is 4. The number of rotatable bonds is 4.